The van der Waals surface area contributed by atoms with Crippen LogP contribution < -0.4 is 10.5 Å². The van der Waals surface area contributed by atoms with E-state index in [0.717, 1.165) is 11.3 Å². The van der Waals surface area contributed by atoms with Crippen molar-refractivity contribution in [3.8, 4) is 11.6 Å². The van der Waals surface area contributed by atoms with Crippen molar-refractivity contribution in [3.63, 3.8) is 0 Å². The van der Waals surface area contributed by atoms with Crippen LogP contribution in [0.25, 0.3) is 0 Å². The highest BCUT2D eigenvalue weighted by Crippen LogP contribution is 2.26. The maximum absolute atomic E-state index is 5.81. The van der Waals surface area contributed by atoms with Gasteiger partial charge in [0, 0.05) is 11.8 Å². The van der Waals surface area contributed by atoms with Crippen molar-refractivity contribution in [3.05, 3.63) is 41.9 Å². The standard InChI is InChI=1S/C12H13N3O/c1-8-3-4-10(13)11(5-8)16-12-6-9(2)14-7-15-12/h3-7H,13H2,1-2H3. The van der Waals surface area contributed by atoms with Gasteiger partial charge in [0.2, 0.25) is 5.88 Å². The van der Waals surface area contributed by atoms with E-state index in [4.69, 9.17) is 10.5 Å². The van der Waals surface area contributed by atoms with Crippen LogP contribution in [0.15, 0.2) is 30.6 Å². The Bertz CT molecular complexity index is 511. The van der Waals surface area contributed by atoms with E-state index < -0.39 is 0 Å². The number of anilines is 1. The van der Waals surface area contributed by atoms with Gasteiger partial charge in [-0.3, -0.25) is 0 Å². The molecule has 0 fully saturated rings. The Balaban J connectivity index is 2.30. The molecule has 16 heavy (non-hydrogen) atoms. The van der Waals surface area contributed by atoms with E-state index in [1.807, 2.05) is 32.0 Å². The molecule has 1 aromatic carbocycles. The van der Waals surface area contributed by atoms with Gasteiger partial charge in [-0.05, 0) is 31.5 Å². The first-order valence-corrected chi connectivity index (χ1v) is 4.98. The number of ether oxygens (including phenoxy) is 1. The van der Waals surface area contributed by atoms with E-state index in [2.05, 4.69) is 9.97 Å². The van der Waals surface area contributed by atoms with Crippen molar-refractivity contribution in [1.29, 1.82) is 0 Å². The zero-order valence-corrected chi connectivity index (χ0v) is 9.27. The summed E-state index contributed by atoms with van der Waals surface area (Å²) in [7, 11) is 0. The molecule has 0 aliphatic rings. The normalized spacial score (nSPS) is 10.1. The van der Waals surface area contributed by atoms with Gasteiger partial charge in [0.15, 0.2) is 5.75 Å². The molecule has 2 rings (SSSR count). The molecular weight excluding hydrogens is 202 g/mol. The number of nitrogens with two attached hydrogens (primary N) is 1. The lowest BCUT2D eigenvalue weighted by atomic mass is 10.2. The number of hydrogen-bond donors (Lipinski definition) is 1. The molecular formula is C12H13N3O. The second-order valence-corrected chi connectivity index (χ2v) is 3.64. The molecule has 0 radical (unpaired) electrons. The highest BCUT2D eigenvalue weighted by Gasteiger charge is 2.03. The first-order chi connectivity index (χ1) is 7.65. The maximum atomic E-state index is 5.81. The van der Waals surface area contributed by atoms with Crippen LogP contribution in [0.2, 0.25) is 0 Å². The van der Waals surface area contributed by atoms with Crippen LogP contribution >= 0.6 is 0 Å². The van der Waals surface area contributed by atoms with E-state index in [0.29, 0.717) is 17.3 Å². The van der Waals surface area contributed by atoms with Crippen molar-refractivity contribution < 1.29 is 4.74 Å². The van der Waals surface area contributed by atoms with Crippen LogP contribution in [-0.2, 0) is 0 Å². The summed E-state index contributed by atoms with van der Waals surface area (Å²) in [5.74, 6) is 1.13. The Morgan fingerprint density at radius 1 is 1.12 bits per heavy atom. The fourth-order valence-electron chi connectivity index (χ4n) is 1.33. The average molecular weight is 215 g/mol. The van der Waals surface area contributed by atoms with Gasteiger partial charge in [0.05, 0.1) is 5.69 Å². The molecule has 4 heteroatoms. The number of benzene rings is 1. The first-order valence-electron chi connectivity index (χ1n) is 4.98. The first kappa shape index (κ1) is 10.4. The average Bonchev–Trinajstić information content (AvgIpc) is 2.24. The fourth-order valence-corrected chi connectivity index (χ4v) is 1.33. The van der Waals surface area contributed by atoms with Crippen molar-refractivity contribution in [2.24, 2.45) is 0 Å². The quantitative estimate of drug-likeness (QED) is 0.782. The van der Waals surface area contributed by atoms with Crippen LogP contribution in [0.1, 0.15) is 11.3 Å². The van der Waals surface area contributed by atoms with E-state index in [9.17, 15) is 0 Å². The number of nitrogen functional groups attached to an aromatic ring is 1. The van der Waals surface area contributed by atoms with Gasteiger partial charge in [-0.2, -0.15) is 0 Å². The largest absolute Gasteiger partial charge is 0.437 e. The summed E-state index contributed by atoms with van der Waals surface area (Å²) < 4.78 is 5.59. The van der Waals surface area contributed by atoms with Gasteiger partial charge < -0.3 is 10.5 Å². The molecule has 0 aliphatic heterocycles. The second kappa shape index (κ2) is 4.18. The van der Waals surface area contributed by atoms with Crippen molar-refractivity contribution in [2.75, 3.05) is 5.73 Å². The third-order valence-electron chi connectivity index (χ3n) is 2.16. The Hall–Kier alpha value is -2.10. The number of hydrogen-bond acceptors (Lipinski definition) is 4. The van der Waals surface area contributed by atoms with Crippen molar-refractivity contribution in [2.45, 2.75) is 13.8 Å². The molecule has 0 unspecified atom stereocenters. The zero-order valence-electron chi connectivity index (χ0n) is 9.27. The molecule has 1 aromatic heterocycles. The summed E-state index contributed by atoms with van der Waals surface area (Å²) in [6.07, 6.45) is 1.47. The van der Waals surface area contributed by atoms with Crippen LogP contribution in [0, 0.1) is 13.8 Å². The fraction of sp³-hybridized carbons (Fsp3) is 0.167. The third kappa shape index (κ3) is 2.28. The lowest BCUT2D eigenvalue weighted by Gasteiger charge is -2.08. The molecule has 2 aromatic rings. The third-order valence-corrected chi connectivity index (χ3v) is 2.16. The molecule has 82 valence electrons. The van der Waals surface area contributed by atoms with Gasteiger partial charge in [-0.15, -0.1) is 0 Å². The van der Waals surface area contributed by atoms with E-state index in [1.54, 1.807) is 6.07 Å². The zero-order chi connectivity index (χ0) is 11.5. The van der Waals surface area contributed by atoms with Crippen molar-refractivity contribution in [1.82, 2.24) is 9.97 Å². The number of nitrogens with zero attached hydrogens (tertiary/aromatic N) is 2. The monoisotopic (exact) mass is 215 g/mol. The highest BCUT2D eigenvalue weighted by molar-refractivity contribution is 5.54. The smallest absolute Gasteiger partial charge is 0.222 e. The van der Waals surface area contributed by atoms with Crippen LogP contribution in [0.5, 0.6) is 11.6 Å². The lowest BCUT2D eigenvalue weighted by molar-refractivity contribution is 0.462. The second-order valence-electron chi connectivity index (χ2n) is 3.64. The lowest BCUT2D eigenvalue weighted by Crippen LogP contribution is -1.95. The number of rotatable bonds is 2. The van der Waals surface area contributed by atoms with E-state index >= 15 is 0 Å². The van der Waals surface area contributed by atoms with Gasteiger partial charge in [0.1, 0.15) is 6.33 Å². The summed E-state index contributed by atoms with van der Waals surface area (Å²) in [6.45, 7) is 3.87. The highest BCUT2D eigenvalue weighted by atomic mass is 16.5. The number of aryl methyl sites for hydroxylation is 2. The molecule has 2 N–H and O–H groups in total. The van der Waals surface area contributed by atoms with Crippen LogP contribution in [0.4, 0.5) is 5.69 Å². The Kier molecular flexibility index (Phi) is 2.72. The molecule has 0 saturated heterocycles. The number of aromatic nitrogens is 2. The summed E-state index contributed by atoms with van der Waals surface area (Å²) in [5, 5.41) is 0. The Morgan fingerprint density at radius 3 is 2.69 bits per heavy atom. The minimum Gasteiger partial charge on any atom is -0.437 e. The Labute approximate surface area is 94.1 Å². The minimum atomic E-state index is 0.504. The molecule has 0 amide bonds. The molecule has 1 heterocycles. The predicted octanol–water partition coefficient (Wildman–Crippen LogP) is 2.47. The molecule has 0 saturated carbocycles. The minimum absolute atomic E-state index is 0.504. The van der Waals surface area contributed by atoms with Crippen LogP contribution in [-0.4, -0.2) is 9.97 Å². The van der Waals surface area contributed by atoms with Gasteiger partial charge >= 0.3 is 0 Å². The molecule has 0 spiro atoms. The van der Waals surface area contributed by atoms with Gasteiger partial charge in [-0.25, -0.2) is 9.97 Å². The van der Waals surface area contributed by atoms with E-state index in [-0.39, 0.29) is 0 Å². The topological polar surface area (TPSA) is 61.0 Å². The van der Waals surface area contributed by atoms with E-state index in [1.165, 1.54) is 6.33 Å². The summed E-state index contributed by atoms with van der Waals surface area (Å²) in [5.41, 5.74) is 8.36. The summed E-state index contributed by atoms with van der Waals surface area (Å²) in [6, 6.07) is 7.40. The maximum Gasteiger partial charge on any atom is 0.222 e. The predicted molar refractivity (Wildman–Crippen MR) is 62.4 cm³/mol. The molecule has 0 atom stereocenters. The Morgan fingerprint density at radius 2 is 1.94 bits per heavy atom. The van der Waals surface area contributed by atoms with Gasteiger partial charge in [-0.1, -0.05) is 6.07 Å². The van der Waals surface area contributed by atoms with Crippen LogP contribution in [0.3, 0.4) is 0 Å². The summed E-state index contributed by atoms with van der Waals surface area (Å²) in [4.78, 5) is 8.02. The van der Waals surface area contributed by atoms with Gasteiger partial charge in [0.25, 0.3) is 0 Å². The summed E-state index contributed by atoms with van der Waals surface area (Å²) >= 11 is 0. The molecule has 0 bridgehead atoms. The van der Waals surface area contributed by atoms with Crippen molar-refractivity contribution >= 4 is 5.69 Å². The SMILES string of the molecule is Cc1ccc(N)c(Oc2cc(C)ncn2)c1. The molecule has 0 aliphatic carbocycles. The molecule has 4 nitrogen and oxygen atoms in total.